The predicted molar refractivity (Wildman–Crippen MR) is 164 cm³/mol. The summed E-state index contributed by atoms with van der Waals surface area (Å²) < 4.78 is 16.6. The van der Waals surface area contributed by atoms with E-state index in [0.29, 0.717) is 37.7 Å². The SMILES string of the molecule is COCCCOc1cc(C[C@@H](C[C@H](N)[C@@H](O)C[C@H](C(=O)NC2CCc3ccccc32)C(C)C)C(C)C)ccc1OC. The zero-order valence-electron chi connectivity index (χ0n) is 25.9. The summed E-state index contributed by atoms with van der Waals surface area (Å²) in [5.41, 5.74) is 10.3. The molecule has 0 saturated heterocycles. The highest BCUT2D eigenvalue weighted by Gasteiger charge is 2.32. The third-order valence-electron chi connectivity index (χ3n) is 8.57. The maximum atomic E-state index is 13.4. The Morgan fingerprint density at radius 1 is 1.02 bits per heavy atom. The molecule has 7 heteroatoms. The minimum Gasteiger partial charge on any atom is -0.493 e. The second-order valence-electron chi connectivity index (χ2n) is 12.2. The van der Waals surface area contributed by atoms with Crippen molar-refractivity contribution in [3.05, 3.63) is 59.2 Å². The van der Waals surface area contributed by atoms with E-state index >= 15 is 0 Å². The fraction of sp³-hybridized carbons (Fsp3) is 0.618. The Hall–Kier alpha value is -2.61. The van der Waals surface area contributed by atoms with E-state index in [-0.39, 0.29) is 29.7 Å². The Balaban J connectivity index is 1.61. The van der Waals surface area contributed by atoms with Crippen LogP contribution in [0.4, 0.5) is 0 Å². The van der Waals surface area contributed by atoms with Gasteiger partial charge in [-0.25, -0.2) is 0 Å². The van der Waals surface area contributed by atoms with Crippen molar-refractivity contribution in [3.63, 3.8) is 0 Å². The normalized spacial score (nSPS) is 17.7. The van der Waals surface area contributed by atoms with Crippen LogP contribution in [0.5, 0.6) is 11.5 Å². The number of aryl methyl sites for hydroxylation is 1. The Labute approximate surface area is 247 Å². The number of benzene rings is 2. The van der Waals surface area contributed by atoms with Crippen LogP contribution < -0.4 is 20.5 Å². The topological polar surface area (TPSA) is 103 Å². The smallest absolute Gasteiger partial charge is 0.223 e. The van der Waals surface area contributed by atoms with Gasteiger partial charge in [-0.1, -0.05) is 58.0 Å². The first-order valence-corrected chi connectivity index (χ1v) is 15.2. The van der Waals surface area contributed by atoms with Gasteiger partial charge in [0.1, 0.15) is 0 Å². The van der Waals surface area contributed by atoms with Crippen LogP contribution in [-0.2, 0) is 22.4 Å². The molecule has 1 amide bonds. The molecular weight excluding hydrogens is 516 g/mol. The first kappa shape index (κ1) is 32.9. The van der Waals surface area contributed by atoms with E-state index in [4.69, 9.17) is 19.9 Å². The molecule has 0 saturated carbocycles. The third-order valence-corrected chi connectivity index (χ3v) is 8.57. The summed E-state index contributed by atoms with van der Waals surface area (Å²) in [7, 11) is 3.33. The number of aliphatic hydroxyl groups is 1. The molecule has 0 fully saturated rings. The van der Waals surface area contributed by atoms with Crippen LogP contribution in [0.25, 0.3) is 0 Å². The number of carbonyl (C=O) groups is 1. The first-order valence-electron chi connectivity index (χ1n) is 15.2. The Kier molecular flexibility index (Phi) is 12.9. The number of aliphatic hydroxyl groups excluding tert-OH is 1. The molecule has 2 aromatic carbocycles. The van der Waals surface area contributed by atoms with E-state index in [9.17, 15) is 9.90 Å². The summed E-state index contributed by atoms with van der Waals surface area (Å²) >= 11 is 0. The monoisotopic (exact) mass is 568 g/mol. The van der Waals surface area contributed by atoms with Gasteiger partial charge in [0, 0.05) is 32.1 Å². The molecule has 1 unspecified atom stereocenters. The van der Waals surface area contributed by atoms with Gasteiger partial charge in [-0.05, 0) is 78.7 Å². The van der Waals surface area contributed by atoms with Crippen molar-refractivity contribution in [2.75, 3.05) is 27.4 Å². The Morgan fingerprint density at radius 2 is 1.78 bits per heavy atom. The Bertz CT molecular complexity index is 1090. The number of ether oxygens (including phenoxy) is 3. The molecule has 1 aliphatic carbocycles. The number of carbonyl (C=O) groups excluding carboxylic acids is 1. The van der Waals surface area contributed by atoms with Gasteiger partial charge in [0.25, 0.3) is 0 Å². The summed E-state index contributed by atoms with van der Waals surface area (Å²) in [4.78, 5) is 13.4. The molecule has 0 spiro atoms. The van der Waals surface area contributed by atoms with Crippen molar-refractivity contribution in [3.8, 4) is 11.5 Å². The maximum Gasteiger partial charge on any atom is 0.223 e. The molecule has 0 bridgehead atoms. The molecule has 0 heterocycles. The summed E-state index contributed by atoms with van der Waals surface area (Å²) in [6.45, 7) is 9.67. The minimum absolute atomic E-state index is 0.00428. The molecule has 7 nitrogen and oxygen atoms in total. The van der Waals surface area contributed by atoms with Crippen LogP contribution >= 0.6 is 0 Å². The van der Waals surface area contributed by atoms with Crippen LogP contribution in [0, 0.1) is 23.7 Å². The van der Waals surface area contributed by atoms with E-state index in [0.717, 1.165) is 37.0 Å². The van der Waals surface area contributed by atoms with Gasteiger partial charge in [0.15, 0.2) is 11.5 Å². The first-order chi connectivity index (χ1) is 19.6. The third kappa shape index (κ3) is 9.45. The molecule has 4 N–H and O–H groups in total. The molecule has 41 heavy (non-hydrogen) atoms. The fourth-order valence-corrected chi connectivity index (χ4v) is 5.85. The van der Waals surface area contributed by atoms with Crippen LogP contribution in [0.1, 0.15) is 76.1 Å². The van der Waals surface area contributed by atoms with Crippen molar-refractivity contribution >= 4 is 5.91 Å². The maximum absolute atomic E-state index is 13.4. The van der Waals surface area contributed by atoms with E-state index < -0.39 is 12.1 Å². The minimum atomic E-state index is -0.763. The van der Waals surface area contributed by atoms with E-state index in [2.05, 4.69) is 37.4 Å². The average Bonchev–Trinajstić information content (AvgIpc) is 3.35. The van der Waals surface area contributed by atoms with Gasteiger partial charge in [0.05, 0.1) is 25.9 Å². The molecule has 0 radical (unpaired) electrons. The summed E-state index contributed by atoms with van der Waals surface area (Å²) in [5, 5.41) is 14.5. The Morgan fingerprint density at radius 3 is 2.46 bits per heavy atom. The van der Waals surface area contributed by atoms with Gasteiger partial charge in [-0.2, -0.15) is 0 Å². The number of nitrogens with two attached hydrogens (primary N) is 1. The van der Waals surface area contributed by atoms with Crippen LogP contribution in [0.2, 0.25) is 0 Å². The molecule has 2 aromatic rings. The van der Waals surface area contributed by atoms with E-state index in [1.165, 1.54) is 11.1 Å². The predicted octanol–water partition coefficient (Wildman–Crippen LogP) is 5.47. The molecule has 0 aliphatic heterocycles. The molecule has 0 aromatic heterocycles. The molecular formula is C34H52N2O5. The zero-order chi connectivity index (χ0) is 29.9. The van der Waals surface area contributed by atoms with Crippen molar-refractivity contribution < 1.29 is 24.1 Å². The summed E-state index contributed by atoms with van der Waals surface area (Å²) in [6, 6.07) is 14.0. The lowest BCUT2D eigenvalue weighted by atomic mass is 9.80. The lowest BCUT2D eigenvalue weighted by Gasteiger charge is -2.30. The van der Waals surface area contributed by atoms with Crippen molar-refractivity contribution in [1.29, 1.82) is 0 Å². The lowest BCUT2D eigenvalue weighted by molar-refractivity contribution is -0.128. The number of nitrogens with one attached hydrogen (secondary N) is 1. The van der Waals surface area contributed by atoms with Gasteiger partial charge < -0.3 is 30.4 Å². The fourth-order valence-electron chi connectivity index (χ4n) is 5.85. The van der Waals surface area contributed by atoms with Gasteiger partial charge in [-0.3, -0.25) is 4.79 Å². The molecule has 5 atom stereocenters. The average molecular weight is 569 g/mol. The quantitative estimate of drug-likeness (QED) is 0.219. The number of rotatable bonds is 17. The highest BCUT2D eigenvalue weighted by molar-refractivity contribution is 5.79. The number of hydrogen-bond donors (Lipinski definition) is 3. The second kappa shape index (κ2) is 16.1. The van der Waals surface area contributed by atoms with Crippen molar-refractivity contribution in [1.82, 2.24) is 5.32 Å². The number of methoxy groups -OCH3 is 2. The highest BCUT2D eigenvalue weighted by Crippen LogP contribution is 2.33. The molecule has 1 aliphatic rings. The summed E-state index contributed by atoms with van der Waals surface area (Å²) in [5.74, 6) is 1.85. The number of fused-ring (bicyclic) bond motifs is 1. The van der Waals surface area contributed by atoms with Gasteiger partial charge >= 0.3 is 0 Å². The van der Waals surface area contributed by atoms with Gasteiger partial charge in [0.2, 0.25) is 5.91 Å². The van der Waals surface area contributed by atoms with E-state index in [1.807, 2.05) is 38.1 Å². The van der Waals surface area contributed by atoms with Gasteiger partial charge in [-0.15, -0.1) is 0 Å². The summed E-state index contributed by atoms with van der Waals surface area (Å²) in [6.07, 6.45) is 3.76. The second-order valence-corrected chi connectivity index (χ2v) is 12.2. The van der Waals surface area contributed by atoms with Crippen molar-refractivity contribution in [2.45, 2.75) is 84.4 Å². The van der Waals surface area contributed by atoms with Crippen LogP contribution in [-0.4, -0.2) is 50.6 Å². The largest absolute Gasteiger partial charge is 0.493 e. The zero-order valence-corrected chi connectivity index (χ0v) is 25.9. The lowest BCUT2D eigenvalue weighted by Crippen LogP contribution is -2.43. The van der Waals surface area contributed by atoms with Crippen molar-refractivity contribution in [2.24, 2.45) is 29.4 Å². The molecule has 228 valence electrons. The standard InChI is InChI=1S/C34H52N2O5/c1-22(2)26(18-24-12-15-32(40-6)33(19-24)41-17-9-16-39-5)20-29(35)31(37)21-28(23(3)4)34(38)36-30-14-13-25-10-7-8-11-27(25)30/h7-8,10-12,15,19,22-23,26,28-31,37H,9,13-14,16-18,20-21,35H2,1-6H3,(H,36,38)/t26-,28-,29-,30?,31-/m0/s1. The number of hydrogen-bond acceptors (Lipinski definition) is 6. The van der Waals surface area contributed by atoms with Crippen LogP contribution in [0.3, 0.4) is 0 Å². The molecule has 3 rings (SSSR count). The number of amides is 1. The van der Waals surface area contributed by atoms with E-state index in [1.54, 1.807) is 14.2 Å². The van der Waals surface area contributed by atoms with Crippen LogP contribution in [0.15, 0.2) is 42.5 Å². The highest BCUT2D eigenvalue weighted by atomic mass is 16.5.